The van der Waals surface area contributed by atoms with Crippen molar-refractivity contribution in [3.8, 4) is 6.07 Å². The number of piperazine rings is 1. The first-order valence-electron chi connectivity index (χ1n) is 12.0. The average molecular weight is 510 g/mol. The van der Waals surface area contributed by atoms with Crippen molar-refractivity contribution in [2.75, 3.05) is 55.3 Å². The van der Waals surface area contributed by atoms with E-state index >= 15 is 0 Å². The Hall–Kier alpha value is -3.98. The number of pyridine rings is 2. The maximum Gasteiger partial charge on any atom is 0.417 e. The highest BCUT2D eigenvalue weighted by atomic mass is 19.4. The number of rotatable bonds is 5. The van der Waals surface area contributed by atoms with Gasteiger partial charge in [-0.05, 0) is 31.7 Å². The molecule has 12 heteroatoms. The predicted molar refractivity (Wildman–Crippen MR) is 132 cm³/mol. The number of fused-ring (bicyclic) bond motifs is 1. The number of likely N-dealkylation sites (N-methyl/N-ethyl adjacent to an activating group) is 1. The Morgan fingerprint density at radius 1 is 1.11 bits per heavy atom. The SMILES string of the molecule is C[C@H](Nc1ncc(C#N)c(C2CNc3ncc(C(F)(F)F)cc32)n1)c1ccc(N2CCN(C)CC2)nc1. The molecule has 0 aromatic carbocycles. The summed E-state index contributed by atoms with van der Waals surface area (Å²) >= 11 is 0. The summed E-state index contributed by atoms with van der Waals surface area (Å²) in [6.45, 7) is 6.07. The molecule has 1 unspecified atom stereocenters. The molecule has 0 saturated carbocycles. The standard InChI is InChI=1S/C25H26F3N9/c1-15(16-3-4-21(30-11-16)37-7-5-36(2)6-8-37)34-24-33-12-17(10-29)22(35-24)20-14-32-23-19(20)9-18(13-31-23)25(26,27)28/h3-4,9,11-13,15,20H,5-8,14H2,1-2H3,(H,31,32)(H,33,34,35)/t15-,20?/m0/s1. The van der Waals surface area contributed by atoms with Crippen LogP contribution in [-0.2, 0) is 6.18 Å². The highest BCUT2D eigenvalue weighted by molar-refractivity contribution is 5.58. The molecule has 2 N–H and O–H groups in total. The lowest BCUT2D eigenvalue weighted by molar-refractivity contribution is -0.137. The fourth-order valence-electron chi connectivity index (χ4n) is 4.57. The molecule has 0 bridgehead atoms. The van der Waals surface area contributed by atoms with Crippen LogP contribution in [0.4, 0.5) is 30.8 Å². The summed E-state index contributed by atoms with van der Waals surface area (Å²) in [5, 5.41) is 15.9. The van der Waals surface area contributed by atoms with E-state index in [1.54, 1.807) is 0 Å². The van der Waals surface area contributed by atoms with Gasteiger partial charge < -0.3 is 20.4 Å². The molecule has 0 spiro atoms. The van der Waals surface area contributed by atoms with E-state index in [1.165, 1.54) is 6.20 Å². The summed E-state index contributed by atoms with van der Waals surface area (Å²) in [4.78, 5) is 21.9. The number of hydrogen-bond acceptors (Lipinski definition) is 9. The molecule has 0 aliphatic carbocycles. The number of anilines is 3. The third-order valence-electron chi connectivity index (χ3n) is 6.81. The first-order valence-corrected chi connectivity index (χ1v) is 12.0. The zero-order valence-corrected chi connectivity index (χ0v) is 20.4. The van der Waals surface area contributed by atoms with E-state index in [9.17, 15) is 18.4 Å². The predicted octanol–water partition coefficient (Wildman–Crippen LogP) is 3.64. The van der Waals surface area contributed by atoms with Crippen LogP contribution in [0.5, 0.6) is 0 Å². The fraction of sp³-hybridized carbons (Fsp3) is 0.400. The summed E-state index contributed by atoms with van der Waals surface area (Å²) in [7, 11) is 2.11. The third kappa shape index (κ3) is 5.13. The molecule has 2 aliphatic heterocycles. The van der Waals surface area contributed by atoms with Crippen molar-refractivity contribution in [3.05, 3.63) is 64.7 Å². The van der Waals surface area contributed by atoms with E-state index in [2.05, 4.69) is 53.5 Å². The lowest BCUT2D eigenvalue weighted by Gasteiger charge is -2.33. The summed E-state index contributed by atoms with van der Waals surface area (Å²) in [5.74, 6) is 0.996. The van der Waals surface area contributed by atoms with Crippen molar-refractivity contribution in [2.24, 2.45) is 0 Å². The van der Waals surface area contributed by atoms with Crippen LogP contribution < -0.4 is 15.5 Å². The van der Waals surface area contributed by atoms with Crippen LogP contribution >= 0.6 is 0 Å². The molecule has 5 rings (SSSR count). The Morgan fingerprint density at radius 3 is 2.57 bits per heavy atom. The van der Waals surface area contributed by atoms with Crippen LogP contribution in [0, 0.1) is 11.3 Å². The van der Waals surface area contributed by atoms with Crippen LogP contribution in [0.15, 0.2) is 36.8 Å². The van der Waals surface area contributed by atoms with E-state index in [1.807, 2.05) is 25.3 Å². The van der Waals surface area contributed by atoms with Crippen molar-refractivity contribution in [1.82, 2.24) is 24.8 Å². The molecule has 2 atom stereocenters. The molecule has 37 heavy (non-hydrogen) atoms. The number of halogens is 3. The first kappa shape index (κ1) is 24.7. The normalized spacial score (nSPS) is 18.6. The van der Waals surface area contributed by atoms with Crippen LogP contribution in [0.3, 0.4) is 0 Å². The number of hydrogen-bond donors (Lipinski definition) is 2. The Morgan fingerprint density at radius 2 is 1.89 bits per heavy atom. The van der Waals surface area contributed by atoms with Gasteiger partial charge in [-0.15, -0.1) is 0 Å². The lowest BCUT2D eigenvalue weighted by atomic mass is 9.95. The van der Waals surface area contributed by atoms with Gasteiger partial charge in [0.2, 0.25) is 5.95 Å². The van der Waals surface area contributed by atoms with Crippen LogP contribution in [0.2, 0.25) is 0 Å². The summed E-state index contributed by atoms with van der Waals surface area (Å²) in [6.07, 6.45) is -0.505. The Labute approximate surface area is 212 Å². The molecule has 1 saturated heterocycles. The van der Waals surface area contributed by atoms with Crippen LogP contribution in [-0.4, -0.2) is 64.6 Å². The zero-order chi connectivity index (χ0) is 26.2. The van der Waals surface area contributed by atoms with Crippen molar-refractivity contribution in [3.63, 3.8) is 0 Å². The molecular weight excluding hydrogens is 483 g/mol. The molecule has 2 aliphatic rings. The van der Waals surface area contributed by atoms with Crippen LogP contribution in [0.1, 0.15) is 46.8 Å². The second-order valence-electron chi connectivity index (χ2n) is 9.30. The van der Waals surface area contributed by atoms with Crippen molar-refractivity contribution < 1.29 is 13.2 Å². The van der Waals surface area contributed by atoms with E-state index in [0.717, 1.165) is 49.8 Å². The Kier molecular flexibility index (Phi) is 6.55. The van der Waals surface area contributed by atoms with Gasteiger partial charge in [-0.1, -0.05) is 6.07 Å². The highest BCUT2D eigenvalue weighted by Gasteiger charge is 2.35. The van der Waals surface area contributed by atoms with Gasteiger partial charge in [0.05, 0.1) is 29.1 Å². The summed E-state index contributed by atoms with van der Waals surface area (Å²) < 4.78 is 39.9. The topological polar surface area (TPSA) is 106 Å². The maximum atomic E-state index is 13.3. The molecule has 3 aromatic rings. The number of nitrogens with one attached hydrogen (secondary N) is 2. The van der Waals surface area contributed by atoms with Crippen molar-refractivity contribution >= 4 is 17.6 Å². The largest absolute Gasteiger partial charge is 0.417 e. The molecule has 192 valence electrons. The summed E-state index contributed by atoms with van der Waals surface area (Å²) in [5.41, 5.74) is 0.996. The van der Waals surface area contributed by atoms with Gasteiger partial charge in [0, 0.05) is 56.6 Å². The van der Waals surface area contributed by atoms with Crippen molar-refractivity contribution in [2.45, 2.75) is 25.1 Å². The maximum absolute atomic E-state index is 13.3. The molecule has 9 nitrogen and oxygen atoms in total. The molecule has 5 heterocycles. The molecular formula is C25H26F3N9. The third-order valence-corrected chi connectivity index (χ3v) is 6.81. The van der Waals surface area contributed by atoms with E-state index in [-0.39, 0.29) is 24.1 Å². The van der Waals surface area contributed by atoms with Gasteiger partial charge in [-0.3, -0.25) is 0 Å². The van der Waals surface area contributed by atoms with E-state index in [0.29, 0.717) is 17.1 Å². The summed E-state index contributed by atoms with van der Waals surface area (Å²) in [6, 6.07) is 6.94. The number of nitriles is 1. The lowest BCUT2D eigenvalue weighted by Crippen LogP contribution is -2.44. The second kappa shape index (κ2) is 9.82. The monoisotopic (exact) mass is 509 g/mol. The quantitative estimate of drug-likeness (QED) is 0.533. The minimum Gasteiger partial charge on any atom is -0.369 e. The number of alkyl halides is 3. The fourth-order valence-corrected chi connectivity index (χ4v) is 4.57. The first-order chi connectivity index (χ1) is 17.7. The highest BCUT2D eigenvalue weighted by Crippen LogP contribution is 2.39. The van der Waals surface area contributed by atoms with E-state index in [4.69, 9.17) is 0 Å². The Bertz CT molecular complexity index is 1310. The average Bonchev–Trinajstić information content (AvgIpc) is 3.32. The van der Waals surface area contributed by atoms with E-state index < -0.39 is 17.7 Å². The molecule has 0 amide bonds. The van der Waals surface area contributed by atoms with Crippen LogP contribution in [0.25, 0.3) is 0 Å². The van der Waals surface area contributed by atoms with Gasteiger partial charge in [-0.25, -0.2) is 19.9 Å². The minimum absolute atomic E-state index is 0.192. The number of nitrogens with zero attached hydrogens (tertiary/aromatic N) is 7. The van der Waals surface area contributed by atoms with Gasteiger partial charge in [0.15, 0.2) is 0 Å². The van der Waals surface area contributed by atoms with Gasteiger partial charge in [0.25, 0.3) is 0 Å². The zero-order valence-electron chi connectivity index (χ0n) is 20.4. The van der Waals surface area contributed by atoms with Gasteiger partial charge in [0.1, 0.15) is 17.7 Å². The molecule has 0 radical (unpaired) electrons. The Balaban J connectivity index is 1.35. The van der Waals surface area contributed by atoms with Gasteiger partial charge in [-0.2, -0.15) is 18.4 Å². The molecule has 1 fully saturated rings. The minimum atomic E-state index is -4.52. The molecule has 3 aromatic heterocycles. The second-order valence-corrected chi connectivity index (χ2v) is 9.30. The van der Waals surface area contributed by atoms with Crippen molar-refractivity contribution in [1.29, 1.82) is 5.26 Å². The van der Waals surface area contributed by atoms with Gasteiger partial charge >= 0.3 is 6.18 Å². The smallest absolute Gasteiger partial charge is 0.369 e. The number of aromatic nitrogens is 4.